The molecule has 2 saturated heterocycles. The first-order chi connectivity index (χ1) is 13.3. The van der Waals surface area contributed by atoms with Gasteiger partial charge in [0.25, 0.3) is 5.91 Å². The van der Waals surface area contributed by atoms with E-state index in [9.17, 15) is 23.1 Å². The van der Waals surface area contributed by atoms with Gasteiger partial charge in [-0.25, -0.2) is 0 Å². The Kier molecular flexibility index (Phi) is 5.14. The summed E-state index contributed by atoms with van der Waals surface area (Å²) in [5.74, 6) is -0.649. The van der Waals surface area contributed by atoms with E-state index in [1.807, 2.05) is 4.90 Å². The van der Waals surface area contributed by atoms with E-state index in [0.29, 0.717) is 30.6 Å². The van der Waals surface area contributed by atoms with Crippen LogP contribution in [0, 0.1) is 0 Å². The van der Waals surface area contributed by atoms with Crippen LogP contribution < -0.4 is 4.90 Å². The number of piperidine rings is 1. The van der Waals surface area contributed by atoms with Crippen molar-refractivity contribution in [2.45, 2.75) is 56.5 Å². The van der Waals surface area contributed by atoms with Gasteiger partial charge in [0.05, 0.1) is 5.69 Å². The summed E-state index contributed by atoms with van der Waals surface area (Å²) in [4.78, 5) is 15.8. The molecule has 3 aliphatic rings. The minimum Gasteiger partial charge on any atom is -0.374 e. The van der Waals surface area contributed by atoms with Gasteiger partial charge in [0.15, 0.2) is 5.60 Å². The van der Waals surface area contributed by atoms with E-state index < -0.39 is 30.5 Å². The van der Waals surface area contributed by atoms with Crippen LogP contribution in [0.3, 0.4) is 0 Å². The Hall–Kier alpha value is -1.64. The number of likely N-dealkylation sites (tertiary alicyclic amines) is 1. The van der Waals surface area contributed by atoms with Gasteiger partial charge in [0.1, 0.15) is 12.8 Å². The summed E-state index contributed by atoms with van der Waals surface area (Å²) in [7, 11) is 0. The van der Waals surface area contributed by atoms with Crippen LogP contribution in [0.4, 0.5) is 18.9 Å². The van der Waals surface area contributed by atoms with Crippen molar-refractivity contribution >= 4 is 11.6 Å². The first-order valence-electron chi connectivity index (χ1n) is 9.91. The fourth-order valence-electron chi connectivity index (χ4n) is 4.60. The molecule has 4 rings (SSSR count). The Morgan fingerprint density at radius 3 is 2.54 bits per heavy atom. The van der Waals surface area contributed by atoms with Gasteiger partial charge in [0.2, 0.25) is 0 Å². The van der Waals surface area contributed by atoms with Gasteiger partial charge >= 0.3 is 6.18 Å². The van der Waals surface area contributed by atoms with Crippen molar-refractivity contribution in [2.24, 2.45) is 0 Å². The van der Waals surface area contributed by atoms with Crippen molar-refractivity contribution in [1.82, 2.24) is 4.90 Å². The molecule has 0 radical (unpaired) electrons. The molecule has 3 heterocycles. The number of rotatable bonds is 3. The number of aliphatic hydroxyl groups excluding tert-OH is 1. The molecule has 1 aromatic carbocycles. The van der Waals surface area contributed by atoms with Gasteiger partial charge in [-0.1, -0.05) is 12.5 Å². The van der Waals surface area contributed by atoms with Crippen LogP contribution in [-0.4, -0.2) is 48.3 Å². The van der Waals surface area contributed by atoms with Crippen molar-refractivity contribution < 1.29 is 27.8 Å². The predicted molar refractivity (Wildman–Crippen MR) is 96.7 cm³/mol. The number of fused-ring (bicyclic) bond motifs is 2. The summed E-state index contributed by atoms with van der Waals surface area (Å²) in [6.45, 7) is 0.556. The highest BCUT2D eigenvalue weighted by Crippen LogP contribution is 2.49. The van der Waals surface area contributed by atoms with Gasteiger partial charge in [-0.2, -0.15) is 13.2 Å². The first kappa shape index (κ1) is 19.7. The second kappa shape index (κ2) is 7.31. The SMILES string of the molecule is O=C1N(CC(F)(F)F)c2ccc(C(O)N3CCCCC3)cc2C12CCCCO2. The van der Waals surface area contributed by atoms with Crippen LogP contribution in [0.2, 0.25) is 0 Å². The number of hydrogen-bond donors (Lipinski definition) is 1. The maximum absolute atomic E-state index is 13.1. The smallest absolute Gasteiger partial charge is 0.374 e. The van der Waals surface area contributed by atoms with Gasteiger partial charge in [-0.3, -0.25) is 9.69 Å². The lowest BCUT2D eigenvalue weighted by molar-refractivity contribution is -0.155. The Morgan fingerprint density at radius 1 is 1.14 bits per heavy atom. The van der Waals surface area contributed by atoms with E-state index in [-0.39, 0.29) is 5.69 Å². The van der Waals surface area contributed by atoms with E-state index in [4.69, 9.17) is 4.74 Å². The molecule has 8 heteroatoms. The average molecular weight is 398 g/mol. The number of carbonyl (C=O) groups excluding carboxylic acids is 1. The van der Waals surface area contributed by atoms with Crippen LogP contribution in [0.5, 0.6) is 0 Å². The first-order valence-corrected chi connectivity index (χ1v) is 9.91. The number of hydrogen-bond acceptors (Lipinski definition) is 4. The van der Waals surface area contributed by atoms with Crippen molar-refractivity contribution in [2.75, 3.05) is 31.1 Å². The zero-order valence-electron chi connectivity index (χ0n) is 15.7. The normalized spacial score (nSPS) is 27.3. The fraction of sp³-hybridized carbons (Fsp3) is 0.650. The standard InChI is InChI=1S/C20H25F3N2O3/c21-20(22,23)13-25-16-7-6-14(17(26)24-9-3-1-4-10-24)12-15(16)19(18(25)27)8-2-5-11-28-19/h6-7,12,17,26H,1-5,8-11,13H2. The minimum absolute atomic E-state index is 0.235. The summed E-state index contributed by atoms with van der Waals surface area (Å²) >= 11 is 0. The molecule has 1 amide bonds. The topological polar surface area (TPSA) is 53.0 Å². The second-order valence-electron chi connectivity index (χ2n) is 7.89. The predicted octanol–water partition coefficient (Wildman–Crippen LogP) is 3.47. The summed E-state index contributed by atoms with van der Waals surface area (Å²) in [5.41, 5.74) is -0.0825. The number of carbonyl (C=O) groups is 1. The lowest BCUT2D eigenvalue weighted by Gasteiger charge is -2.34. The molecule has 0 aliphatic carbocycles. The van der Waals surface area contributed by atoms with Crippen molar-refractivity contribution in [3.8, 4) is 0 Å². The number of alkyl halides is 3. The van der Waals surface area contributed by atoms with E-state index in [0.717, 1.165) is 43.7 Å². The quantitative estimate of drug-likeness (QED) is 0.847. The lowest BCUT2D eigenvalue weighted by atomic mass is 9.86. The third-order valence-electron chi connectivity index (χ3n) is 5.98. The lowest BCUT2D eigenvalue weighted by Crippen LogP contribution is -2.47. The average Bonchev–Trinajstić information content (AvgIpc) is 2.90. The Labute approximate surface area is 162 Å². The van der Waals surface area contributed by atoms with Crippen LogP contribution in [0.25, 0.3) is 0 Å². The number of ether oxygens (including phenoxy) is 1. The molecule has 2 unspecified atom stereocenters. The molecule has 1 spiro atoms. The van der Waals surface area contributed by atoms with E-state index in [2.05, 4.69) is 0 Å². The van der Waals surface area contributed by atoms with Gasteiger partial charge in [-0.05, 0) is 49.8 Å². The highest BCUT2D eigenvalue weighted by atomic mass is 19.4. The molecule has 0 bridgehead atoms. The fourth-order valence-corrected chi connectivity index (χ4v) is 4.60. The monoisotopic (exact) mass is 398 g/mol. The molecule has 3 aliphatic heterocycles. The van der Waals surface area contributed by atoms with Crippen molar-refractivity contribution in [1.29, 1.82) is 0 Å². The van der Waals surface area contributed by atoms with Gasteiger partial charge in [0, 0.05) is 25.3 Å². The zero-order chi connectivity index (χ0) is 19.9. The van der Waals surface area contributed by atoms with Crippen LogP contribution >= 0.6 is 0 Å². The minimum atomic E-state index is -4.50. The highest BCUT2D eigenvalue weighted by molar-refractivity contribution is 6.07. The van der Waals surface area contributed by atoms with Crippen LogP contribution in [-0.2, 0) is 15.1 Å². The maximum Gasteiger partial charge on any atom is 0.406 e. The Morgan fingerprint density at radius 2 is 1.89 bits per heavy atom. The van der Waals surface area contributed by atoms with E-state index in [1.165, 1.54) is 6.07 Å². The number of nitrogens with zero attached hydrogens (tertiary/aromatic N) is 2. The molecule has 2 atom stereocenters. The summed E-state index contributed by atoms with van der Waals surface area (Å²) < 4.78 is 45.1. The van der Waals surface area contributed by atoms with E-state index in [1.54, 1.807) is 12.1 Å². The molecule has 0 aromatic heterocycles. The summed E-state index contributed by atoms with van der Waals surface area (Å²) in [5, 5.41) is 10.8. The number of benzene rings is 1. The van der Waals surface area contributed by atoms with Gasteiger partial charge in [-0.15, -0.1) is 0 Å². The summed E-state index contributed by atoms with van der Waals surface area (Å²) in [6.07, 6.45) is -0.345. The number of amides is 1. The second-order valence-corrected chi connectivity index (χ2v) is 7.89. The molecular weight excluding hydrogens is 373 g/mol. The van der Waals surface area contributed by atoms with Gasteiger partial charge < -0.3 is 14.7 Å². The summed E-state index contributed by atoms with van der Waals surface area (Å²) in [6, 6.07) is 4.82. The molecule has 5 nitrogen and oxygen atoms in total. The molecule has 28 heavy (non-hydrogen) atoms. The number of anilines is 1. The van der Waals surface area contributed by atoms with Crippen molar-refractivity contribution in [3.05, 3.63) is 29.3 Å². The molecule has 154 valence electrons. The zero-order valence-corrected chi connectivity index (χ0v) is 15.7. The third kappa shape index (κ3) is 3.42. The number of halogens is 3. The van der Waals surface area contributed by atoms with Crippen LogP contribution in [0.1, 0.15) is 55.9 Å². The molecule has 1 aromatic rings. The Bertz CT molecular complexity index is 741. The van der Waals surface area contributed by atoms with Crippen molar-refractivity contribution in [3.63, 3.8) is 0 Å². The molecule has 1 N–H and O–H groups in total. The third-order valence-corrected chi connectivity index (χ3v) is 5.98. The molecule has 0 saturated carbocycles. The van der Waals surface area contributed by atoms with E-state index >= 15 is 0 Å². The number of aliphatic hydroxyl groups is 1. The van der Waals surface area contributed by atoms with Crippen LogP contribution in [0.15, 0.2) is 18.2 Å². The highest BCUT2D eigenvalue weighted by Gasteiger charge is 2.54. The Balaban J connectivity index is 1.72. The molecule has 2 fully saturated rings. The maximum atomic E-state index is 13.1. The largest absolute Gasteiger partial charge is 0.406 e. The molecular formula is C20H25F3N2O3.